The number of nitrogens with one attached hydrogen (secondary N) is 1. The number of methoxy groups -OCH3 is 1. The zero-order valence-corrected chi connectivity index (χ0v) is 13.9. The van der Waals surface area contributed by atoms with Crippen molar-refractivity contribution in [3.63, 3.8) is 0 Å². The first-order chi connectivity index (χ1) is 12.2. The number of carbonyl (C=O) groups excluding carboxylic acids is 1. The number of benzene rings is 2. The molecule has 0 atom stereocenters. The van der Waals surface area contributed by atoms with Crippen molar-refractivity contribution >= 4 is 16.8 Å². The number of H-pyrrole nitrogens is 1. The van der Waals surface area contributed by atoms with Gasteiger partial charge in [-0.2, -0.15) is 0 Å². The highest BCUT2D eigenvalue weighted by Crippen LogP contribution is 2.10. The van der Waals surface area contributed by atoms with Crippen LogP contribution in [-0.4, -0.2) is 34.5 Å². The van der Waals surface area contributed by atoms with Gasteiger partial charge in [0, 0.05) is 13.7 Å². The second-order valence-corrected chi connectivity index (χ2v) is 5.70. The lowest BCUT2D eigenvalue weighted by atomic mass is 10.2. The molecule has 0 spiro atoms. The summed E-state index contributed by atoms with van der Waals surface area (Å²) in [4.78, 5) is 33.4. The lowest BCUT2D eigenvalue weighted by Crippen LogP contribution is -2.34. The molecule has 3 aromatic rings. The monoisotopic (exact) mass is 337 g/mol. The third-order valence-corrected chi connectivity index (χ3v) is 3.84. The number of aromatic nitrogens is 2. The molecule has 0 saturated carbocycles. The molecule has 128 valence electrons. The SMILES string of the molecule is COCC(=O)N(Cc1ccccc1)Cc1nc2ccccc2c(=O)[nH]1. The number of fused-ring (bicyclic) bond motifs is 1. The Morgan fingerprint density at radius 2 is 1.80 bits per heavy atom. The van der Waals surface area contributed by atoms with Crippen LogP contribution in [0.1, 0.15) is 11.4 Å². The van der Waals surface area contributed by atoms with Crippen LogP contribution < -0.4 is 5.56 Å². The number of amides is 1. The van der Waals surface area contributed by atoms with Gasteiger partial charge in [0.2, 0.25) is 5.91 Å². The van der Waals surface area contributed by atoms with E-state index in [1.165, 1.54) is 7.11 Å². The summed E-state index contributed by atoms with van der Waals surface area (Å²) in [6, 6.07) is 16.8. The minimum atomic E-state index is -0.209. The van der Waals surface area contributed by atoms with Gasteiger partial charge >= 0.3 is 0 Å². The van der Waals surface area contributed by atoms with Gasteiger partial charge < -0.3 is 14.6 Å². The molecule has 1 heterocycles. The van der Waals surface area contributed by atoms with Crippen molar-refractivity contribution in [2.45, 2.75) is 13.1 Å². The summed E-state index contributed by atoms with van der Waals surface area (Å²) in [5.41, 5.74) is 1.40. The summed E-state index contributed by atoms with van der Waals surface area (Å²) in [6.45, 7) is 0.599. The lowest BCUT2D eigenvalue weighted by molar-refractivity contribution is -0.136. The smallest absolute Gasteiger partial charge is 0.258 e. The van der Waals surface area contributed by atoms with Gasteiger partial charge in [-0.05, 0) is 17.7 Å². The van der Waals surface area contributed by atoms with Gasteiger partial charge in [0.05, 0.1) is 17.4 Å². The van der Waals surface area contributed by atoms with E-state index in [2.05, 4.69) is 9.97 Å². The number of ether oxygens (including phenoxy) is 1. The molecular weight excluding hydrogens is 318 g/mol. The summed E-state index contributed by atoms with van der Waals surface area (Å²) in [6.07, 6.45) is 0. The molecule has 0 aliphatic carbocycles. The van der Waals surface area contributed by atoms with E-state index in [1.54, 1.807) is 23.1 Å². The Labute approximate surface area is 145 Å². The van der Waals surface area contributed by atoms with Crippen molar-refractivity contribution in [2.24, 2.45) is 0 Å². The Balaban J connectivity index is 1.89. The van der Waals surface area contributed by atoms with Gasteiger partial charge in [-0.15, -0.1) is 0 Å². The second-order valence-electron chi connectivity index (χ2n) is 5.70. The Bertz CT molecular complexity index is 922. The van der Waals surface area contributed by atoms with Crippen molar-refractivity contribution in [3.8, 4) is 0 Å². The summed E-state index contributed by atoms with van der Waals surface area (Å²) >= 11 is 0. The summed E-state index contributed by atoms with van der Waals surface area (Å²) < 4.78 is 4.97. The molecule has 0 aliphatic rings. The number of carbonyl (C=O) groups is 1. The molecule has 1 aromatic heterocycles. The van der Waals surface area contributed by atoms with Gasteiger partial charge in [0.1, 0.15) is 12.4 Å². The summed E-state index contributed by atoms with van der Waals surface area (Å²) in [7, 11) is 1.48. The fourth-order valence-corrected chi connectivity index (χ4v) is 2.64. The maximum absolute atomic E-state index is 12.4. The quantitative estimate of drug-likeness (QED) is 0.747. The van der Waals surface area contributed by atoms with Crippen LogP contribution in [0.2, 0.25) is 0 Å². The number of nitrogens with zero attached hydrogens (tertiary/aromatic N) is 2. The van der Waals surface area contributed by atoms with Crippen LogP contribution in [0.25, 0.3) is 10.9 Å². The molecule has 0 unspecified atom stereocenters. The number of aromatic amines is 1. The summed E-state index contributed by atoms with van der Waals surface area (Å²) in [5.74, 6) is 0.284. The third-order valence-electron chi connectivity index (χ3n) is 3.84. The lowest BCUT2D eigenvalue weighted by Gasteiger charge is -2.22. The normalized spacial score (nSPS) is 10.8. The van der Waals surface area contributed by atoms with Crippen molar-refractivity contribution < 1.29 is 9.53 Å². The largest absolute Gasteiger partial charge is 0.375 e. The molecule has 0 fully saturated rings. The molecular formula is C19H19N3O3. The summed E-state index contributed by atoms with van der Waals surface area (Å²) in [5, 5.41) is 0.532. The number of hydrogen-bond donors (Lipinski definition) is 1. The molecule has 0 aliphatic heterocycles. The first-order valence-corrected chi connectivity index (χ1v) is 7.96. The zero-order chi connectivity index (χ0) is 17.6. The average Bonchev–Trinajstić information content (AvgIpc) is 2.62. The minimum Gasteiger partial charge on any atom is -0.375 e. The molecule has 0 bridgehead atoms. The van der Waals surface area contributed by atoms with Crippen LogP contribution in [0, 0.1) is 0 Å². The van der Waals surface area contributed by atoms with E-state index in [9.17, 15) is 9.59 Å². The van der Waals surface area contributed by atoms with E-state index in [-0.39, 0.29) is 24.6 Å². The van der Waals surface area contributed by atoms with Gasteiger partial charge in [-0.1, -0.05) is 42.5 Å². The molecule has 1 amide bonds. The zero-order valence-electron chi connectivity index (χ0n) is 13.9. The van der Waals surface area contributed by atoms with Gasteiger partial charge in [-0.3, -0.25) is 9.59 Å². The standard InChI is InChI=1S/C19H19N3O3/c1-25-13-18(23)22(11-14-7-3-2-4-8-14)12-17-20-16-10-6-5-9-15(16)19(24)21-17/h2-10H,11-13H2,1H3,(H,20,21,24). The van der Waals surface area contributed by atoms with Crippen LogP contribution >= 0.6 is 0 Å². The molecule has 3 rings (SSSR count). The van der Waals surface area contributed by atoms with E-state index < -0.39 is 0 Å². The predicted molar refractivity (Wildman–Crippen MR) is 94.9 cm³/mol. The van der Waals surface area contributed by atoms with Crippen molar-refractivity contribution in [1.82, 2.24) is 14.9 Å². The number of para-hydroxylation sites is 1. The fourth-order valence-electron chi connectivity index (χ4n) is 2.64. The third kappa shape index (κ3) is 4.10. The van der Waals surface area contributed by atoms with E-state index >= 15 is 0 Å². The molecule has 0 saturated heterocycles. The van der Waals surface area contributed by atoms with Crippen molar-refractivity contribution in [3.05, 3.63) is 76.3 Å². The second kappa shape index (κ2) is 7.72. The maximum atomic E-state index is 12.4. The highest BCUT2D eigenvalue weighted by atomic mass is 16.5. The Kier molecular flexibility index (Phi) is 5.20. The topological polar surface area (TPSA) is 75.3 Å². The highest BCUT2D eigenvalue weighted by molar-refractivity contribution is 5.78. The van der Waals surface area contributed by atoms with E-state index in [0.29, 0.717) is 23.3 Å². The molecule has 0 radical (unpaired) electrons. The molecule has 25 heavy (non-hydrogen) atoms. The van der Waals surface area contributed by atoms with Crippen LogP contribution in [0.3, 0.4) is 0 Å². The number of rotatable bonds is 6. The fraction of sp³-hybridized carbons (Fsp3) is 0.211. The van der Waals surface area contributed by atoms with Crippen LogP contribution in [0.4, 0.5) is 0 Å². The van der Waals surface area contributed by atoms with E-state index in [4.69, 9.17) is 4.74 Å². The van der Waals surface area contributed by atoms with Crippen LogP contribution in [0.5, 0.6) is 0 Å². The van der Waals surface area contributed by atoms with E-state index in [0.717, 1.165) is 5.56 Å². The Morgan fingerprint density at radius 3 is 2.56 bits per heavy atom. The van der Waals surface area contributed by atoms with Crippen LogP contribution in [-0.2, 0) is 22.6 Å². The minimum absolute atomic E-state index is 0.0232. The molecule has 6 nitrogen and oxygen atoms in total. The Morgan fingerprint density at radius 1 is 1.08 bits per heavy atom. The van der Waals surface area contributed by atoms with Gasteiger partial charge in [0.15, 0.2) is 0 Å². The first-order valence-electron chi connectivity index (χ1n) is 7.96. The highest BCUT2D eigenvalue weighted by Gasteiger charge is 2.16. The van der Waals surface area contributed by atoms with E-state index in [1.807, 2.05) is 36.4 Å². The van der Waals surface area contributed by atoms with Gasteiger partial charge in [-0.25, -0.2) is 4.98 Å². The first kappa shape index (κ1) is 16.9. The Hall–Kier alpha value is -2.99. The van der Waals surface area contributed by atoms with Gasteiger partial charge in [0.25, 0.3) is 5.56 Å². The maximum Gasteiger partial charge on any atom is 0.258 e. The number of hydrogen-bond acceptors (Lipinski definition) is 4. The average molecular weight is 337 g/mol. The van der Waals surface area contributed by atoms with Crippen LogP contribution in [0.15, 0.2) is 59.4 Å². The molecule has 2 aromatic carbocycles. The predicted octanol–water partition coefficient (Wildman–Crippen LogP) is 2.10. The molecule has 1 N–H and O–H groups in total. The van der Waals surface area contributed by atoms with Crippen molar-refractivity contribution in [1.29, 1.82) is 0 Å². The van der Waals surface area contributed by atoms with Crippen molar-refractivity contribution in [2.75, 3.05) is 13.7 Å². The molecule has 6 heteroatoms.